The topological polar surface area (TPSA) is 70.8 Å². The summed E-state index contributed by atoms with van der Waals surface area (Å²) in [5.41, 5.74) is 8.54. The molecule has 0 spiro atoms. The Morgan fingerprint density at radius 2 is 1.37 bits per heavy atom. The minimum atomic E-state index is -0.562. The summed E-state index contributed by atoms with van der Waals surface area (Å²) in [6.45, 7) is 0.587. The van der Waals surface area contributed by atoms with Crippen LogP contribution in [0.3, 0.4) is 0 Å². The van der Waals surface area contributed by atoms with E-state index >= 15 is 0 Å². The van der Waals surface area contributed by atoms with Crippen LogP contribution in [0.1, 0.15) is 21.5 Å². The zero-order chi connectivity index (χ0) is 19.1. The van der Waals surface area contributed by atoms with E-state index in [1.807, 2.05) is 60.7 Å². The van der Waals surface area contributed by atoms with Crippen LogP contribution in [-0.2, 0) is 18.0 Å². The molecule has 2 N–H and O–H groups in total. The van der Waals surface area contributed by atoms with Gasteiger partial charge in [0, 0.05) is 0 Å². The minimum Gasteiger partial charge on any atom is -0.488 e. The molecule has 5 heteroatoms. The summed E-state index contributed by atoms with van der Waals surface area (Å²) >= 11 is 0. The van der Waals surface area contributed by atoms with Crippen LogP contribution in [0.4, 0.5) is 5.69 Å². The van der Waals surface area contributed by atoms with Crippen molar-refractivity contribution >= 4 is 11.7 Å². The molecule has 0 aliphatic carbocycles. The van der Waals surface area contributed by atoms with Crippen molar-refractivity contribution in [3.8, 4) is 11.5 Å². The molecule has 0 radical (unpaired) electrons. The van der Waals surface area contributed by atoms with Gasteiger partial charge in [0.2, 0.25) is 0 Å². The van der Waals surface area contributed by atoms with Gasteiger partial charge in [-0.05, 0) is 23.3 Å². The molecule has 0 saturated heterocycles. The predicted octanol–water partition coefficient (Wildman–Crippen LogP) is 4.21. The van der Waals surface area contributed by atoms with E-state index in [0.717, 1.165) is 11.1 Å². The molecule has 0 amide bonds. The number of ether oxygens (including phenoxy) is 3. The van der Waals surface area contributed by atoms with E-state index in [0.29, 0.717) is 18.0 Å². The van der Waals surface area contributed by atoms with Crippen molar-refractivity contribution in [2.24, 2.45) is 0 Å². The van der Waals surface area contributed by atoms with Gasteiger partial charge in [0.1, 0.15) is 24.5 Å². The summed E-state index contributed by atoms with van der Waals surface area (Å²) in [5.74, 6) is 0.0626. The third kappa shape index (κ3) is 4.58. The van der Waals surface area contributed by atoms with Gasteiger partial charge in [-0.3, -0.25) is 0 Å². The zero-order valence-electron chi connectivity index (χ0n) is 15.1. The lowest BCUT2D eigenvalue weighted by molar-refractivity contribution is 0.0590. The SMILES string of the molecule is COC(=O)c1c(OCc2ccccc2)ccc(N)c1OCc1ccccc1. The number of carbonyl (C=O) groups is 1. The Balaban J connectivity index is 1.87. The summed E-state index contributed by atoms with van der Waals surface area (Å²) in [6.07, 6.45) is 0. The first-order valence-corrected chi connectivity index (χ1v) is 8.53. The van der Waals surface area contributed by atoms with Crippen LogP contribution in [0.5, 0.6) is 11.5 Å². The maximum absolute atomic E-state index is 12.4. The van der Waals surface area contributed by atoms with Gasteiger partial charge in [0.05, 0.1) is 12.8 Å². The first-order chi connectivity index (χ1) is 13.2. The molecule has 0 aliphatic heterocycles. The minimum absolute atomic E-state index is 0.185. The Hall–Kier alpha value is -3.47. The number of hydrogen-bond acceptors (Lipinski definition) is 5. The van der Waals surface area contributed by atoms with Crippen molar-refractivity contribution in [1.29, 1.82) is 0 Å². The first-order valence-electron chi connectivity index (χ1n) is 8.53. The van der Waals surface area contributed by atoms with Gasteiger partial charge in [-0.1, -0.05) is 60.7 Å². The Morgan fingerprint density at radius 3 is 1.93 bits per heavy atom. The number of nitrogen functional groups attached to an aromatic ring is 1. The van der Waals surface area contributed by atoms with E-state index in [1.165, 1.54) is 7.11 Å². The van der Waals surface area contributed by atoms with Crippen LogP contribution in [0.25, 0.3) is 0 Å². The first kappa shape index (κ1) is 18.3. The molecule has 0 aliphatic rings. The molecule has 138 valence electrons. The van der Waals surface area contributed by atoms with Crippen LogP contribution in [-0.4, -0.2) is 13.1 Å². The predicted molar refractivity (Wildman–Crippen MR) is 104 cm³/mol. The summed E-state index contributed by atoms with van der Waals surface area (Å²) in [4.78, 5) is 12.4. The number of benzene rings is 3. The van der Waals surface area contributed by atoms with Gasteiger partial charge in [-0.2, -0.15) is 0 Å². The maximum Gasteiger partial charge on any atom is 0.345 e. The molecular formula is C22H21NO4. The largest absolute Gasteiger partial charge is 0.488 e. The molecule has 3 aromatic carbocycles. The van der Waals surface area contributed by atoms with E-state index in [2.05, 4.69) is 0 Å². The lowest BCUT2D eigenvalue weighted by atomic mass is 10.1. The number of rotatable bonds is 7. The number of anilines is 1. The molecule has 0 atom stereocenters. The van der Waals surface area contributed by atoms with E-state index in [4.69, 9.17) is 19.9 Å². The van der Waals surface area contributed by atoms with Crippen LogP contribution >= 0.6 is 0 Å². The maximum atomic E-state index is 12.4. The lowest BCUT2D eigenvalue weighted by Gasteiger charge is -2.17. The van der Waals surface area contributed by atoms with Crippen molar-refractivity contribution in [2.75, 3.05) is 12.8 Å². The van der Waals surface area contributed by atoms with Crippen molar-refractivity contribution in [3.05, 3.63) is 89.5 Å². The van der Waals surface area contributed by atoms with Gasteiger partial charge in [-0.15, -0.1) is 0 Å². The van der Waals surface area contributed by atoms with Crippen molar-refractivity contribution in [2.45, 2.75) is 13.2 Å². The molecule has 27 heavy (non-hydrogen) atoms. The highest BCUT2D eigenvalue weighted by Crippen LogP contribution is 2.36. The Morgan fingerprint density at radius 1 is 0.815 bits per heavy atom. The molecular weight excluding hydrogens is 342 g/mol. The van der Waals surface area contributed by atoms with Crippen molar-refractivity contribution in [1.82, 2.24) is 0 Å². The third-order valence-electron chi connectivity index (χ3n) is 4.00. The van der Waals surface area contributed by atoms with Crippen LogP contribution in [0.15, 0.2) is 72.8 Å². The van der Waals surface area contributed by atoms with Crippen molar-refractivity contribution < 1.29 is 19.0 Å². The standard InChI is InChI=1S/C22H21NO4/c1-25-22(24)20-19(26-14-16-8-4-2-5-9-16)13-12-18(23)21(20)27-15-17-10-6-3-7-11-17/h2-13H,14-15,23H2,1H3. The average molecular weight is 363 g/mol. The van der Waals surface area contributed by atoms with Crippen LogP contribution in [0.2, 0.25) is 0 Å². The van der Waals surface area contributed by atoms with Crippen molar-refractivity contribution in [3.63, 3.8) is 0 Å². The highest BCUT2D eigenvalue weighted by molar-refractivity contribution is 5.97. The molecule has 3 rings (SSSR count). The Labute approximate surface area is 158 Å². The fourth-order valence-electron chi connectivity index (χ4n) is 2.62. The summed E-state index contributed by atoms with van der Waals surface area (Å²) < 4.78 is 16.6. The molecule has 0 aromatic heterocycles. The van der Waals surface area contributed by atoms with E-state index in [-0.39, 0.29) is 17.9 Å². The molecule has 0 bridgehead atoms. The van der Waals surface area contributed by atoms with Gasteiger partial charge < -0.3 is 19.9 Å². The molecule has 0 unspecified atom stereocenters. The zero-order valence-corrected chi connectivity index (χ0v) is 15.1. The molecule has 3 aromatic rings. The second-order valence-electron chi connectivity index (χ2n) is 5.90. The van der Waals surface area contributed by atoms with Crippen LogP contribution in [0, 0.1) is 0 Å². The number of carbonyl (C=O) groups excluding carboxylic acids is 1. The van der Waals surface area contributed by atoms with Gasteiger partial charge in [0.15, 0.2) is 5.75 Å². The number of methoxy groups -OCH3 is 1. The van der Waals surface area contributed by atoms with Gasteiger partial charge >= 0.3 is 5.97 Å². The highest BCUT2D eigenvalue weighted by atomic mass is 16.5. The Kier molecular flexibility index (Phi) is 5.94. The number of esters is 1. The summed E-state index contributed by atoms with van der Waals surface area (Å²) in [7, 11) is 1.31. The molecule has 0 fully saturated rings. The number of nitrogens with two attached hydrogens (primary N) is 1. The quantitative estimate of drug-likeness (QED) is 0.503. The van der Waals surface area contributed by atoms with Gasteiger partial charge in [-0.25, -0.2) is 4.79 Å². The smallest absolute Gasteiger partial charge is 0.345 e. The normalized spacial score (nSPS) is 10.3. The fourth-order valence-corrected chi connectivity index (χ4v) is 2.62. The molecule has 0 heterocycles. The summed E-state index contributed by atoms with van der Waals surface area (Å²) in [5, 5.41) is 0. The second kappa shape index (κ2) is 8.76. The lowest BCUT2D eigenvalue weighted by Crippen LogP contribution is -2.11. The second-order valence-corrected chi connectivity index (χ2v) is 5.90. The third-order valence-corrected chi connectivity index (χ3v) is 4.00. The average Bonchev–Trinajstić information content (AvgIpc) is 2.72. The molecule has 0 saturated carbocycles. The van der Waals surface area contributed by atoms with E-state index in [9.17, 15) is 4.79 Å². The highest BCUT2D eigenvalue weighted by Gasteiger charge is 2.22. The van der Waals surface area contributed by atoms with E-state index in [1.54, 1.807) is 12.1 Å². The monoisotopic (exact) mass is 363 g/mol. The van der Waals surface area contributed by atoms with Crippen LogP contribution < -0.4 is 15.2 Å². The fraction of sp³-hybridized carbons (Fsp3) is 0.136. The number of hydrogen-bond donors (Lipinski definition) is 1. The Bertz CT molecular complexity index is 895. The summed E-state index contributed by atoms with van der Waals surface area (Å²) in [6, 6.07) is 22.6. The van der Waals surface area contributed by atoms with Gasteiger partial charge in [0.25, 0.3) is 0 Å². The van der Waals surface area contributed by atoms with E-state index < -0.39 is 5.97 Å². The molecule has 5 nitrogen and oxygen atoms in total.